The molecule has 1 aliphatic carbocycles. The fourth-order valence-electron chi connectivity index (χ4n) is 5.43. The predicted molar refractivity (Wildman–Crippen MR) is 102 cm³/mol. The van der Waals surface area contributed by atoms with Crippen LogP contribution in [0.5, 0.6) is 0 Å². The Morgan fingerprint density at radius 1 is 1.07 bits per heavy atom. The van der Waals surface area contributed by atoms with Crippen LogP contribution in [-0.2, 0) is 15.0 Å². The lowest BCUT2D eigenvalue weighted by Gasteiger charge is -2.47. The number of benzene rings is 1. The summed E-state index contributed by atoms with van der Waals surface area (Å²) in [6.07, 6.45) is 4.28. The fraction of sp³-hybridized carbons (Fsp3) is 0.636. The number of piperidine rings is 2. The summed E-state index contributed by atoms with van der Waals surface area (Å²) in [6, 6.07) is 6.46. The van der Waals surface area contributed by atoms with Crippen molar-refractivity contribution >= 4 is 11.8 Å². The maximum absolute atomic E-state index is 13.5. The summed E-state index contributed by atoms with van der Waals surface area (Å²) in [7, 11) is 1.89. The van der Waals surface area contributed by atoms with Crippen LogP contribution in [-0.4, -0.2) is 48.3 Å². The Bertz CT molecular complexity index is 765. The Kier molecular flexibility index (Phi) is 4.13. The van der Waals surface area contributed by atoms with E-state index in [1.165, 1.54) is 12.1 Å². The minimum absolute atomic E-state index is 0.103. The van der Waals surface area contributed by atoms with Gasteiger partial charge in [-0.1, -0.05) is 26.0 Å². The average molecular weight is 372 g/mol. The molecule has 0 N–H and O–H groups in total. The molecule has 2 saturated heterocycles. The van der Waals surface area contributed by atoms with Crippen molar-refractivity contribution in [2.24, 2.45) is 10.8 Å². The summed E-state index contributed by atoms with van der Waals surface area (Å²) in [5, 5.41) is 0. The molecular weight excluding hydrogens is 343 g/mol. The molecule has 27 heavy (non-hydrogen) atoms. The number of amides is 2. The maximum atomic E-state index is 13.5. The fourth-order valence-corrected chi connectivity index (χ4v) is 5.43. The highest BCUT2D eigenvalue weighted by Gasteiger charge is 2.68. The summed E-state index contributed by atoms with van der Waals surface area (Å²) in [6.45, 7) is 6.56. The molecule has 5 heteroatoms. The second-order valence-electron chi connectivity index (χ2n) is 9.51. The van der Waals surface area contributed by atoms with E-state index in [1.54, 1.807) is 12.1 Å². The first-order valence-corrected chi connectivity index (χ1v) is 9.99. The molecule has 2 heterocycles. The van der Waals surface area contributed by atoms with Crippen LogP contribution in [0.1, 0.15) is 51.5 Å². The normalized spacial score (nSPS) is 29.1. The third-order valence-electron chi connectivity index (χ3n) is 7.42. The van der Waals surface area contributed by atoms with Crippen molar-refractivity contribution in [3.63, 3.8) is 0 Å². The number of rotatable bonds is 2. The van der Waals surface area contributed by atoms with E-state index >= 15 is 0 Å². The van der Waals surface area contributed by atoms with E-state index in [0.717, 1.165) is 50.9 Å². The van der Waals surface area contributed by atoms with Gasteiger partial charge in [0.15, 0.2) is 0 Å². The Balaban J connectivity index is 1.50. The van der Waals surface area contributed by atoms with Gasteiger partial charge in [0.25, 0.3) is 0 Å². The van der Waals surface area contributed by atoms with Gasteiger partial charge in [0.05, 0.1) is 5.41 Å². The third-order valence-corrected chi connectivity index (χ3v) is 7.42. The number of likely N-dealkylation sites (tertiary alicyclic amines) is 2. The molecule has 0 unspecified atom stereocenters. The smallest absolute Gasteiger partial charge is 0.233 e. The molecule has 1 saturated carbocycles. The van der Waals surface area contributed by atoms with Gasteiger partial charge in [0.1, 0.15) is 5.82 Å². The van der Waals surface area contributed by atoms with E-state index in [0.29, 0.717) is 6.42 Å². The molecular formula is C22H29FN2O2. The monoisotopic (exact) mass is 372 g/mol. The zero-order valence-electron chi connectivity index (χ0n) is 16.6. The van der Waals surface area contributed by atoms with Gasteiger partial charge in [-0.25, -0.2) is 4.39 Å². The van der Waals surface area contributed by atoms with Crippen LogP contribution >= 0.6 is 0 Å². The number of nitrogens with zero attached hydrogens (tertiary/aromatic N) is 2. The predicted octanol–water partition coefficient (Wildman–Crippen LogP) is 3.35. The largest absolute Gasteiger partial charge is 0.345 e. The topological polar surface area (TPSA) is 40.6 Å². The number of carbonyl (C=O) groups excluding carboxylic acids is 2. The van der Waals surface area contributed by atoms with Crippen LogP contribution in [0, 0.1) is 16.6 Å². The number of hydrogen-bond acceptors (Lipinski definition) is 2. The summed E-state index contributed by atoms with van der Waals surface area (Å²) >= 11 is 0. The van der Waals surface area contributed by atoms with Crippen molar-refractivity contribution in [3.05, 3.63) is 35.6 Å². The summed E-state index contributed by atoms with van der Waals surface area (Å²) in [4.78, 5) is 29.2. The van der Waals surface area contributed by atoms with Gasteiger partial charge in [-0.2, -0.15) is 0 Å². The van der Waals surface area contributed by atoms with E-state index < -0.39 is 5.41 Å². The average Bonchev–Trinajstić information content (AvgIpc) is 3.23. The van der Waals surface area contributed by atoms with Crippen molar-refractivity contribution in [1.29, 1.82) is 0 Å². The first-order chi connectivity index (χ1) is 12.7. The number of hydrogen-bond donors (Lipinski definition) is 0. The van der Waals surface area contributed by atoms with Crippen LogP contribution in [0.3, 0.4) is 0 Å². The van der Waals surface area contributed by atoms with Crippen molar-refractivity contribution in [2.45, 2.75) is 51.4 Å². The van der Waals surface area contributed by atoms with E-state index in [2.05, 4.69) is 13.8 Å². The first-order valence-electron chi connectivity index (χ1n) is 9.99. The molecule has 3 aliphatic rings. The molecule has 4 rings (SSSR count). The van der Waals surface area contributed by atoms with Gasteiger partial charge in [0, 0.05) is 33.1 Å². The van der Waals surface area contributed by atoms with Crippen molar-refractivity contribution in [1.82, 2.24) is 9.80 Å². The van der Waals surface area contributed by atoms with Crippen LogP contribution in [0.25, 0.3) is 0 Å². The summed E-state index contributed by atoms with van der Waals surface area (Å²) in [5.41, 5.74) is 0.475. The lowest BCUT2D eigenvalue weighted by atomic mass is 9.72. The molecule has 0 aromatic heterocycles. The molecule has 2 amide bonds. The molecule has 2 aliphatic heterocycles. The molecule has 146 valence electrons. The van der Waals surface area contributed by atoms with Gasteiger partial charge in [-0.3, -0.25) is 9.59 Å². The minimum atomic E-state index is -0.523. The molecule has 1 aromatic carbocycles. The lowest BCUT2D eigenvalue weighted by Crippen LogP contribution is -2.53. The van der Waals surface area contributed by atoms with E-state index in [1.807, 2.05) is 16.8 Å². The SMILES string of the molecule is CN1CC2(CCC1=O)CCN(C(=O)[C@@]1(c3ccc(F)cc3)CC1(C)C)CC2. The minimum Gasteiger partial charge on any atom is -0.345 e. The standard InChI is InChI=1S/C22H29FN2O2/c1-20(2)14-22(20,16-4-6-17(23)7-5-16)19(27)25-12-10-21(11-13-25)9-8-18(26)24(3)15-21/h4-7H,8-15H2,1-3H3/t22-/m0/s1. The van der Waals surface area contributed by atoms with Crippen molar-refractivity contribution in [2.75, 3.05) is 26.7 Å². The first kappa shape index (κ1) is 18.5. The molecule has 1 spiro atoms. The van der Waals surface area contributed by atoms with Crippen molar-refractivity contribution < 1.29 is 14.0 Å². The zero-order chi connectivity index (χ0) is 19.4. The second-order valence-corrected chi connectivity index (χ2v) is 9.51. The Labute approximate surface area is 160 Å². The van der Waals surface area contributed by atoms with Gasteiger partial charge >= 0.3 is 0 Å². The van der Waals surface area contributed by atoms with Gasteiger partial charge < -0.3 is 9.80 Å². The highest BCUT2D eigenvalue weighted by Crippen LogP contribution is 2.65. The second kappa shape index (κ2) is 6.05. The molecule has 3 fully saturated rings. The third kappa shape index (κ3) is 2.86. The summed E-state index contributed by atoms with van der Waals surface area (Å²) < 4.78 is 13.4. The molecule has 1 atom stereocenters. The van der Waals surface area contributed by atoms with Crippen LogP contribution in [0.4, 0.5) is 4.39 Å². The molecule has 0 radical (unpaired) electrons. The van der Waals surface area contributed by atoms with Gasteiger partial charge in [-0.15, -0.1) is 0 Å². The van der Waals surface area contributed by atoms with Crippen molar-refractivity contribution in [3.8, 4) is 0 Å². The van der Waals surface area contributed by atoms with E-state index in [-0.39, 0.29) is 28.5 Å². The van der Waals surface area contributed by atoms with Crippen LogP contribution in [0.15, 0.2) is 24.3 Å². The highest BCUT2D eigenvalue weighted by molar-refractivity contribution is 5.93. The Hall–Kier alpha value is -1.91. The van der Waals surface area contributed by atoms with Crippen LogP contribution < -0.4 is 0 Å². The van der Waals surface area contributed by atoms with E-state index in [9.17, 15) is 14.0 Å². The molecule has 4 nitrogen and oxygen atoms in total. The Morgan fingerprint density at radius 3 is 2.19 bits per heavy atom. The quantitative estimate of drug-likeness (QED) is 0.799. The van der Waals surface area contributed by atoms with Gasteiger partial charge in [-0.05, 0) is 54.2 Å². The zero-order valence-corrected chi connectivity index (χ0v) is 16.6. The number of carbonyl (C=O) groups is 2. The maximum Gasteiger partial charge on any atom is 0.233 e. The lowest BCUT2D eigenvalue weighted by molar-refractivity contribution is -0.142. The molecule has 1 aromatic rings. The summed E-state index contributed by atoms with van der Waals surface area (Å²) in [5.74, 6) is 0.152. The Morgan fingerprint density at radius 2 is 1.67 bits per heavy atom. The highest BCUT2D eigenvalue weighted by atomic mass is 19.1. The van der Waals surface area contributed by atoms with E-state index in [4.69, 9.17) is 0 Å². The number of halogens is 1. The molecule has 0 bridgehead atoms. The van der Waals surface area contributed by atoms with Crippen LogP contribution in [0.2, 0.25) is 0 Å². The van der Waals surface area contributed by atoms with Gasteiger partial charge in [0.2, 0.25) is 11.8 Å².